The Hall–Kier alpha value is -1.76. The third-order valence-electron chi connectivity index (χ3n) is 3.79. The van der Waals surface area contributed by atoms with Gasteiger partial charge in [0.1, 0.15) is 6.10 Å². The molecule has 4 atom stereocenters. The van der Waals surface area contributed by atoms with Crippen molar-refractivity contribution in [2.45, 2.75) is 30.3 Å². The normalized spacial score (nSPS) is 35.9. The molecule has 2 aliphatic heterocycles. The van der Waals surface area contributed by atoms with Gasteiger partial charge >= 0.3 is 5.97 Å². The van der Waals surface area contributed by atoms with Gasteiger partial charge in [-0.2, -0.15) is 0 Å². The van der Waals surface area contributed by atoms with E-state index in [1.54, 1.807) is 30.3 Å². The zero-order chi connectivity index (χ0) is 14.3. The van der Waals surface area contributed by atoms with Crippen molar-refractivity contribution in [1.29, 1.82) is 0 Å². The molecule has 1 aromatic carbocycles. The van der Waals surface area contributed by atoms with Crippen LogP contribution in [0.25, 0.3) is 0 Å². The van der Waals surface area contributed by atoms with Gasteiger partial charge in [-0.1, -0.05) is 18.2 Å². The molecule has 0 spiro atoms. The summed E-state index contributed by atoms with van der Waals surface area (Å²) in [6.07, 6.45) is -3.31. The third kappa shape index (κ3) is 1.93. The molecule has 1 saturated carbocycles. The Morgan fingerprint density at radius 1 is 1.35 bits per heavy atom. The SMILES string of the molecule is O=C(OC1C(O)C2CC(=O)C1(O)CO2)c1ccccc1. The molecule has 2 saturated heterocycles. The smallest absolute Gasteiger partial charge is 0.338 e. The lowest BCUT2D eigenvalue weighted by Gasteiger charge is -2.48. The largest absolute Gasteiger partial charge is 0.452 e. The molecule has 106 valence electrons. The van der Waals surface area contributed by atoms with Gasteiger partial charge in [0, 0.05) is 6.42 Å². The summed E-state index contributed by atoms with van der Waals surface area (Å²) in [6.45, 7) is -0.264. The number of aliphatic hydroxyl groups excluding tert-OH is 1. The highest BCUT2D eigenvalue weighted by Gasteiger charge is 2.60. The monoisotopic (exact) mass is 278 g/mol. The molecule has 1 aliphatic carbocycles. The number of carbonyl (C=O) groups excluding carboxylic acids is 2. The number of Topliss-reactive ketones (excluding diaryl/α,β-unsaturated/α-hetero) is 1. The molecule has 6 heteroatoms. The highest BCUT2D eigenvalue weighted by molar-refractivity contribution is 5.93. The summed E-state index contributed by atoms with van der Waals surface area (Å²) >= 11 is 0. The quantitative estimate of drug-likeness (QED) is 0.720. The average Bonchev–Trinajstić information content (AvgIpc) is 2.46. The summed E-state index contributed by atoms with van der Waals surface area (Å²) in [6, 6.07) is 8.20. The molecule has 3 aliphatic rings. The Bertz CT molecular complexity index is 542. The fraction of sp³-hybridized carbons (Fsp3) is 0.429. The van der Waals surface area contributed by atoms with Crippen molar-refractivity contribution < 1.29 is 29.3 Å². The fourth-order valence-electron chi connectivity index (χ4n) is 2.60. The average molecular weight is 278 g/mol. The molecule has 20 heavy (non-hydrogen) atoms. The Kier molecular flexibility index (Phi) is 3.08. The van der Waals surface area contributed by atoms with Gasteiger partial charge in [0.25, 0.3) is 0 Å². The van der Waals surface area contributed by atoms with E-state index in [-0.39, 0.29) is 18.6 Å². The van der Waals surface area contributed by atoms with Crippen molar-refractivity contribution in [2.24, 2.45) is 0 Å². The van der Waals surface area contributed by atoms with Crippen molar-refractivity contribution in [3.05, 3.63) is 35.9 Å². The van der Waals surface area contributed by atoms with Crippen LogP contribution in [0.2, 0.25) is 0 Å². The van der Waals surface area contributed by atoms with Crippen LogP contribution in [0, 0.1) is 0 Å². The highest BCUT2D eigenvalue weighted by Crippen LogP contribution is 2.36. The van der Waals surface area contributed by atoms with E-state index in [1.807, 2.05) is 0 Å². The number of ketones is 1. The molecule has 6 nitrogen and oxygen atoms in total. The molecule has 3 fully saturated rings. The predicted octanol–water partition coefficient (Wildman–Crippen LogP) is -0.324. The summed E-state index contributed by atoms with van der Waals surface area (Å²) in [7, 11) is 0. The topological polar surface area (TPSA) is 93.1 Å². The molecule has 2 bridgehead atoms. The minimum atomic E-state index is -1.96. The maximum atomic E-state index is 12.0. The van der Waals surface area contributed by atoms with E-state index < -0.39 is 35.7 Å². The van der Waals surface area contributed by atoms with Crippen molar-refractivity contribution >= 4 is 11.8 Å². The van der Waals surface area contributed by atoms with Gasteiger partial charge < -0.3 is 19.7 Å². The van der Waals surface area contributed by atoms with Crippen molar-refractivity contribution in [2.75, 3.05) is 6.61 Å². The van der Waals surface area contributed by atoms with E-state index in [0.717, 1.165) is 0 Å². The minimum Gasteiger partial charge on any atom is -0.452 e. The Morgan fingerprint density at radius 3 is 2.70 bits per heavy atom. The first-order valence-electron chi connectivity index (χ1n) is 6.34. The van der Waals surface area contributed by atoms with E-state index in [9.17, 15) is 19.8 Å². The van der Waals surface area contributed by atoms with Crippen LogP contribution in [-0.4, -0.2) is 52.5 Å². The van der Waals surface area contributed by atoms with Gasteiger partial charge in [0.2, 0.25) is 0 Å². The number of hydrogen-bond acceptors (Lipinski definition) is 6. The third-order valence-corrected chi connectivity index (χ3v) is 3.79. The zero-order valence-corrected chi connectivity index (χ0v) is 10.6. The number of ether oxygens (including phenoxy) is 2. The second-order valence-corrected chi connectivity index (χ2v) is 5.08. The van der Waals surface area contributed by atoms with E-state index in [2.05, 4.69) is 0 Å². The number of rotatable bonds is 2. The van der Waals surface area contributed by atoms with E-state index >= 15 is 0 Å². The van der Waals surface area contributed by atoms with Gasteiger partial charge in [0.15, 0.2) is 17.5 Å². The zero-order valence-electron chi connectivity index (χ0n) is 10.6. The standard InChI is InChI=1S/C14H14O6/c15-10-6-9-11(16)12(14(10,18)7-19-9)20-13(17)8-4-2-1-3-5-8/h1-5,9,11-12,16,18H,6-7H2. The minimum absolute atomic E-state index is 0.0724. The molecule has 4 unspecified atom stereocenters. The Balaban J connectivity index is 1.83. The lowest BCUT2D eigenvalue weighted by molar-refractivity contribution is -0.250. The summed E-state index contributed by atoms with van der Waals surface area (Å²) in [5.74, 6) is -1.16. The Labute approximate surface area is 114 Å². The van der Waals surface area contributed by atoms with Crippen LogP contribution < -0.4 is 0 Å². The number of benzene rings is 1. The molecule has 4 rings (SSSR count). The van der Waals surface area contributed by atoms with Gasteiger partial charge in [-0.05, 0) is 12.1 Å². The summed E-state index contributed by atoms with van der Waals surface area (Å²) in [5, 5.41) is 20.3. The molecule has 0 radical (unpaired) electrons. The predicted molar refractivity (Wildman–Crippen MR) is 66.0 cm³/mol. The molecular weight excluding hydrogens is 264 g/mol. The number of esters is 1. The molecule has 2 heterocycles. The van der Waals surface area contributed by atoms with E-state index in [4.69, 9.17) is 9.47 Å². The van der Waals surface area contributed by atoms with Crippen LogP contribution in [-0.2, 0) is 14.3 Å². The van der Waals surface area contributed by atoms with E-state index in [0.29, 0.717) is 0 Å². The van der Waals surface area contributed by atoms with Crippen molar-refractivity contribution in [3.63, 3.8) is 0 Å². The van der Waals surface area contributed by atoms with Crippen molar-refractivity contribution in [3.8, 4) is 0 Å². The van der Waals surface area contributed by atoms with Crippen LogP contribution >= 0.6 is 0 Å². The summed E-state index contributed by atoms with van der Waals surface area (Å²) in [5.41, 5.74) is -1.67. The molecule has 0 aromatic heterocycles. The lowest BCUT2D eigenvalue weighted by Crippen LogP contribution is -2.71. The first-order valence-corrected chi connectivity index (χ1v) is 6.34. The van der Waals surface area contributed by atoms with Gasteiger partial charge in [-0.15, -0.1) is 0 Å². The van der Waals surface area contributed by atoms with Crippen LogP contribution in [0.3, 0.4) is 0 Å². The highest BCUT2D eigenvalue weighted by atomic mass is 16.6. The first-order chi connectivity index (χ1) is 9.52. The van der Waals surface area contributed by atoms with E-state index in [1.165, 1.54) is 0 Å². The molecule has 0 amide bonds. The van der Waals surface area contributed by atoms with Gasteiger partial charge in [-0.25, -0.2) is 4.79 Å². The molecular formula is C14H14O6. The fourth-order valence-corrected chi connectivity index (χ4v) is 2.60. The van der Waals surface area contributed by atoms with Crippen LogP contribution in [0.5, 0.6) is 0 Å². The van der Waals surface area contributed by atoms with Crippen molar-refractivity contribution in [1.82, 2.24) is 0 Å². The number of hydrogen-bond donors (Lipinski definition) is 2. The van der Waals surface area contributed by atoms with Gasteiger partial charge in [0.05, 0.1) is 18.3 Å². The maximum absolute atomic E-state index is 12.0. The molecule has 1 aromatic rings. The van der Waals surface area contributed by atoms with Gasteiger partial charge in [-0.3, -0.25) is 4.79 Å². The number of fused-ring (bicyclic) bond motifs is 3. The number of aliphatic hydroxyl groups is 2. The van der Waals surface area contributed by atoms with Crippen LogP contribution in [0.15, 0.2) is 30.3 Å². The second kappa shape index (κ2) is 4.66. The number of carbonyl (C=O) groups is 2. The second-order valence-electron chi connectivity index (χ2n) is 5.08. The van der Waals surface area contributed by atoms with Crippen LogP contribution in [0.1, 0.15) is 16.8 Å². The molecule has 2 N–H and O–H groups in total. The summed E-state index contributed by atoms with van der Waals surface area (Å²) in [4.78, 5) is 23.8. The maximum Gasteiger partial charge on any atom is 0.338 e. The first kappa shape index (κ1) is 13.2. The lowest BCUT2D eigenvalue weighted by atomic mass is 9.75. The van der Waals surface area contributed by atoms with Crippen LogP contribution in [0.4, 0.5) is 0 Å². The summed E-state index contributed by atoms with van der Waals surface area (Å²) < 4.78 is 10.3. The Morgan fingerprint density at radius 2 is 2.05 bits per heavy atom.